The van der Waals surface area contributed by atoms with E-state index in [2.05, 4.69) is 15.8 Å². The molecule has 1 saturated heterocycles. The van der Waals surface area contributed by atoms with Crippen molar-refractivity contribution >= 4 is 23.0 Å². The van der Waals surface area contributed by atoms with Crippen molar-refractivity contribution in [2.24, 2.45) is 0 Å². The number of hydrogen-bond donors (Lipinski definition) is 2. The lowest BCUT2D eigenvalue weighted by molar-refractivity contribution is 0.196. The Morgan fingerprint density at radius 3 is 2.71 bits per heavy atom. The highest BCUT2D eigenvalue weighted by Crippen LogP contribution is 2.10. The molecule has 92 valence electrons. The van der Waals surface area contributed by atoms with E-state index in [9.17, 15) is 4.39 Å². The quantitative estimate of drug-likeness (QED) is 0.792. The molecule has 1 fully saturated rings. The SMILES string of the molecule is Fc1cccc(NC(=S)NN2CCCCC2)c1. The summed E-state index contributed by atoms with van der Waals surface area (Å²) in [7, 11) is 0. The highest BCUT2D eigenvalue weighted by Gasteiger charge is 2.10. The topological polar surface area (TPSA) is 27.3 Å². The molecule has 0 aliphatic carbocycles. The average Bonchev–Trinajstić information content (AvgIpc) is 2.30. The van der Waals surface area contributed by atoms with E-state index in [4.69, 9.17) is 12.2 Å². The minimum atomic E-state index is -0.268. The Balaban J connectivity index is 1.84. The van der Waals surface area contributed by atoms with Gasteiger partial charge >= 0.3 is 0 Å². The standard InChI is InChI=1S/C12H16FN3S/c13-10-5-4-6-11(9-10)14-12(17)15-16-7-2-1-3-8-16/h4-6,9H,1-3,7-8H2,(H2,14,15,17). The Bertz CT molecular complexity index is 391. The third kappa shape index (κ3) is 3.94. The van der Waals surface area contributed by atoms with Crippen molar-refractivity contribution in [3.05, 3.63) is 30.1 Å². The summed E-state index contributed by atoms with van der Waals surface area (Å²) in [6, 6.07) is 6.27. The van der Waals surface area contributed by atoms with E-state index in [0.29, 0.717) is 10.8 Å². The largest absolute Gasteiger partial charge is 0.332 e. The molecule has 3 nitrogen and oxygen atoms in total. The van der Waals surface area contributed by atoms with Crippen LogP contribution in [0.4, 0.5) is 10.1 Å². The van der Waals surface area contributed by atoms with Crippen LogP contribution in [0, 0.1) is 5.82 Å². The van der Waals surface area contributed by atoms with Gasteiger partial charge in [0.25, 0.3) is 0 Å². The number of hydrazine groups is 1. The summed E-state index contributed by atoms with van der Waals surface area (Å²) in [5.74, 6) is -0.268. The Morgan fingerprint density at radius 1 is 1.24 bits per heavy atom. The summed E-state index contributed by atoms with van der Waals surface area (Å²) in [6.45, 7) is 2.01. The fourth-order valence-corrected chi connectivity index (χ4v) is 2.12. The van der Waals surface area contributed by atoms with Crippen LogP contribution < -0.4 is 10.7 Å². The van der Waals surface area contributed by atoms with Crippen molar-refractivity contribution in [2.45, 2.75) is 19.3 Å². The van der Waals surface area contributed by atoms with Crippen LogP contribution in [0.15, 0.2) is 24.3 Å². The number of piperidine rings is 1. The Kier molecular flexibility index (Phi) is 4.28. The number of thiocarbonyl (C=S) groups is 1. The molecule has 1 aromatic rings. The molecular formula is C12H16FN3S. The molecule has 0 amide bonds. The zero-order valence-corrected chi connectivity index (χ0v) is 10.4. The molecule has 5 heteroatoms. The molecule has 0 bridgehead atoms. The lowest BCUT2D eigenvalue weighted by Gasteiger charge is -2.28. The minimum Gasteiger partial charge on any atom is -0.332 e. The number of nitrogens with one attached hydrogen (secondary N) is 2. The van der Waals surface area contributed by atoms with Crippen molar-refractivity contribution in [1.29, 1.82) is 0 Å². The van der Waals surface area contributed by atoms with Gasteiger partial charge in [-0.05, 0) is 43.3 Å². The predicted molar refractivity (Wildman–Crippen MR) is 71.2 cm³/mol. The van der Waals surface area contributed by atoms with Gasteiger partial charge < -0.3 is 5.32 Å². The molecule has 0 aromatic heterocycles. The average molecular weight is 253 g/mol. The first-order chi connectivity index (χ1) is 8.24. The van der Waals surface area contributed by atoms with Crippen molar-refractivity contribution < 1.29 is 4.39 Å². The zero-order chi connectivity index (χ0) is 12.1. The molecule has 2 rings (SSSR count). The summed E-state index contributed by atoms with van der Waals surface area (Å²) >= 11 is 5.17. The highest BCUT2D eigenvalue weighted by atomic mass is 32.1. The molecule has 1 heterocycles. The van der Waals surface area contributed by atoms with Crippen LogP contribution >= 0.6 is 12.2 Å². The van der Waals surface area contributed by atoms with Gasteiger partial charge in [-0.2, -0.15) is 0 Å². The van der Waals surface area contributed by atoms with E-state index < -0.39 is 0 Å². The zero-order valence-electron chi connectivity index (χ0n) is 9.58. The molecule has 0 spiro atoms. The summed E-state index contributed by atoms with van der Waals surface area (Å²) in [5, 5.41) is 5.58. The molecule has 17 heavy (non-hydrogen) atoms. The molecule has 1 aliphatic rings. The van der Waals surface area contributed by atoms with Crippen molar-refractivity contribution in [1.82, 2.24) is 10.4 Å². The highest BCUT2D eigenvalue weighted by molar-refractivity contribution is 7.80. The van der Waals surface area contributed by atoms with Crippen molar-refractivity contribution in [2.75, 3.05) is 18.4 Å². The van der Waals surface area contributed by atoms with Crippen LogP contribution in [0.5, 0.6) is 0 Å². The van der Waals surface area contributed by atoms with Gasteiger partial charge in [-0.25, -0.2) is 9.40 Å². The summed E-state index contributed by atoms with van der Waals surface area (Å²) in [6.07, 6.45) is 3.66. The van der Waals surface area contributed by atoms with E-state index in [0.717, 1.165) is 13.1 Å². The van der Waals surface area contributed by atoms with Gasteiger partial charge in [0.1, 0.15) is 5.82 Å². The van der Waals surface area contributed by atoms with Gasteiger partial charge in [-0.1, -0.05) is 12.5 Å². The van der Waals surface area contributed by atoms with E-state index in [1.807, 2.05) is 0 Å². The van der Waals surface area contributed by atoms with Crippen LogP contribution in [-0.2, 0) is 0 Å². The smallest absolute Gasteiger partial charge is 0.185 e. The van der Waals surface area contributed by atoms with Gasteiger partial charge in [-0.3, -0.25) is 5.43 Å². The molecule has 0 saturated carbocycles. The summed E-state index contributed by atoms with van der Waals surface area (Å²) < 4.78 is 13.0. The van der Waals surface area contributed by atoms with E-state index in [-0.39, 0.29) is 5.82 Å². The number of halogens is 1. The lowest BCUT2D eigenvalue weighted by Crippen LogP contribution is -2.46. The maximum Gasteiger partial charge on any atom is 0.185 e. The summed E-state index contributed by atoms with van der Waals surface area (Å²) in [5.41, 5.74) is 3.78. The van der Waals surface area contributed by atoms with Crippen LogP contribution in [0.2, 0.25) is 0 Å². The molecular weight excluding hydrogens is 237 g/mol. The van der Waals surface area contributed by atoms with E-state index >= 15 is 0 Å². The first kappa shape index (κ1) is 12.3. The van der Waals surface area contributed by atoms with Crippen LogP contribution in [0.1, 0.15) is 19.3 Å². The third-order valence-electron chi connectivity index (χ3n) is 2.70. The van der Waals surface area contributed by atoms with Crippen LogP contribution in [0.3, 0.4) is 0 Å². The van der Waals surface area contributed by atoms with Crippen LogP contribution in [0.25, 0.3) is 0 Å². The monoisotopic (exact) mass is 253 g/mol. The number of anilines is 1. The van der Waals surface area contributed by atoms with Gasteiger partial charge in [-0.15, -0.1) is 0 Å². The number of rotatable bonds is 2. The third-order valence-corrected chi connectivity index (χ3v) is 2.89. The van der Waals surface area contributed by atoms with E-state index in [1.54, 1.807) is 12.1 Å². The molecule has 1 aliphatic heterocycles. The fourth-order valence-electron chi connectivity index (χ4n) is 1.87. The second kappa shape index (κ2) is 5.93. The van der Waals surface area contributed by atoms with Crippen LogP contribution in [-0.4, -0.2) is 23.2 Å². The van der Waals surface area contributed by atoms with Gasteiger partial charge in [0.2, 0.25) is 0 Å². The normalized spacial score (nSPS) is 16.5. The van der Waals surface area contributed by atoms with Crippen molar-refractivity contribution in [3.63, 3.8) is 0 Å². The molecule has 0 radical (unpaired) electrons. The molecule has 0 atom stereocenters. The lowest BCUT2D eigenvalue weighted by atomic mass is 10.2. The minimum absolute atomic E-state index is 0.268. The van der Waals surface area contributed by atoms with Gasteiger partial charge in [0, 0.05) is 18.8 Å². The Morgan fingerprint density at radius 2 is 2.00 bits per heavy atom. The number of benzene rings is 1. The second-order valence-corrected chi connectivity index (χ2v) is 4.53. The number of nitrogens with zero attached hydrogens (tertiary/aromatic N) is 1. The first-order valence-electron chi connectivity index (χ1n) is 5.82. The second-order valence-electron chi connectivity index (χ2n) is 4.12. The summed E-state index contributed by atoms with van der Waals surface area (Å²) in [4.78, 5) is 0. The Labute approximate surface area is 106 Å². The fraction of sp³-hybridized carbons (Fsp3) is 0.417. The number of hydrogen-bond acceptors (Lipinski definition) is 2. The molecule has 2 N–H and O–H groups in total. The molecule has 0 unspecified atom stereocenters. The van der Waals surface area contributed by atoms with Crippen molar-refractivity contribution in [3.8, 4) is 0 Å². The van der Waals surface area contributed by atoms with E-state index in [1.165, 1.54) is 31.4 Å². The maximum atomic E-state index is 13.0. The first-order valence-corrected chi connectivity index (χ1v) is 6.23. The molecule has 1 aromatic carbocycles. The maximum absolute atomic E-state index is 13.0. The predicted octanol–water partition coefficient (Wildman–Crippen LogP) is 2.51. The van der Waals surface area contributed by atoms with Gasteiger partial charge in [0.05, 0.1) is 0 Å². The van der Waals surface area contributed by atoms with Gasteiger partial charge in [0.15, 0.2) is 5.11 Å². The Hall–Kier alpha value is -1.20.